The Bertz CT molecular complexity index is 641. The van der Waals surface area contributed by atoms with Crippen LogP contribution in [0.5, 0.6) is 0 Å². The van der Waals surface area contributed by atoms with Crippen LogP contribution in [0.2, 0.25) is 54.4 Å². The van der Waals surface area contributed by atoms with E-state index in [1.165, 1.54) is 0 Å². The fourth-order valence-electron chi connectivity index (χ4n) is 2.82. The predicted octanol–water partition coefficient (Wildman–Crippen LogP) is 6.76. The summed E-state index contributed by atoms with van der Waals surface area (Å²) in [7, 11) is -6.25. The largest absolute Gasteiger partial charge is 0.414 e. The zero-order chi connectivity index (χ0) is 25.6. The van der Waals surface area contributed by atoms with Gasteiger partial charge in [-0.2, -0.15) is 0 Å². The highest BCUT2D eigenvalue weighted by Gasteiger charge is 2.54. The Balaban J connectivity index is 3.32. The highest BCUT2D eigenvalue weighted by Crippen LogP contribution is 2.44. The molecule has 1 aliphatic rings. The maximum absolute atomic E-state index is 12.1. The molecule has 0 aromatic carbocycles. The summed E-state index contributed by atoms with van der Waals surface area (Å²) in [5.74, 6) is 0. The van der Waals surface area contributed by atoms with Crippen molar-refractivity contribution in [2.24, 2.45) is 0 Å². The number of carbonyl (C=O) groups is 1. The summed E-state index contributed by atoms with van der Waals surface area (Å²) < 4.78 is 26.5. The SMILES string of the molecule is CC(C)(C)[Si](C)(C)OC[C@H]1O[C@H](C=O)[C@@H](O[Si](C)(C)C(C)(C)C)[C@@H]1O[Si](C)(C)C(C)(C)C. The molecular weight excluding hydrogens is 453 g/mol. The summed E-state index contributed by atoms with van der Waals surface area (Å²) >= 11 is 0. The van der Waals surface area contributed by atoms with Crippen molar-refractivity contribution in [3.05, 3.63) is 0 Å². The first-order chi connectivity index (χ1) is 14.0. The van der Waals surface area contributed by atoms with Crippen molar-refractivity contribution >= 4 is 31.2 Å². The van der Waals surface area contributed by atoms with Crippen molar-refractivity contribution in [3.8, 4) is 0 Å². The second-order valence-corrected chi connectivity index (χ2v) is 28.4. The van der Waals surface area contributed by atoms with Crippen LogP contribution in [0, 0.1) is 0 Å². The molecule has 0 N–H and O–H groups in total. The third-order valence-electron chi connectivity index (χ3n) is 8.37. The maximum Gasteiger partial charge on any atom is 0.192 e. The van der Waals surface area contributed by atoms with Crippen molar-refractivity contribution in [1.29, 1.82) is 0 Å². The van der Waals surface area contributed by atoms with Gasteiger partial charge in [-0.3, -0.25) is 0 Å². The maximum atomic E-state index is 12.1. The zero-order valence-corrected chi connectivity index (χ0v) is 26.6. The number of carbonyl (C=O) groups excluding carboxylic acids is 1. The average Bonchev–Trinajstić information content (AvgIpc) is 2.86. The Labute approximate surface area is 201 Å². The van der Waals surface area contributed by atoms with Crippen LogP contribution >= 0.6 is 0 Å². The molecule has 0 spiro atoms. The van der Waals surface area contributed by atoms with Gasteiger partial charge in [-0.1, -0.05) is 62.3 Å². The Kier molecular flexibility index (Phi) is 9.12. The summed E-state index contributed by atoms with van der Waals surface area (Å²) in [5, 5.41) is 0.165. The third-order valence-corrected chi connectivity index (χ3v) is 21.8. The summed E-state index contributed by atoms with van der Waals surface area (Å²) in [6.07, 6.45) is -0.776. The highest BCUT2D eigenvalue weighted by molar-refractivity contribution is 6.75. The van der Waals surface area contributed by atoms with Gasteiger partial charge in [0.05, 0.1) is 6.61 Å². The van der Waals surface area contributed by atoms with Gasteiger partial charge in [-0.05, 0) is 54.4 Å². The van der Waals surface area contributed by atoms with Crippen LogP contribution in [0.25, 0.3) is 0 Å². The quantitative estimate of drug-likeness (QED) is 0.270. The third kappa shape index (κ3) is 6.86. The first-order valence-corrected chi connectivity index (χ1v) is 20.8. The van der Waals surface area contributed by atoms with Gasteiger partial charge in [0.25, 0.3) is 0 Å². The molecule has 8 heteroatoms. The molecule has 5 nitrogen and oxygen atoms in total. The zero-order valence-electron chi connectivity index (χ0n) is 23.6. The first kappa shape index (κ1) is 30.2. The molecule has 1 heterocycles. The minimum atomic E-state index is -2.15. The van der Waals surface area contributed by atoms with Gasteiger partial charge in [0, 0.05) is 0 Å². The number of rotatable bonds is 8. The van der Waals surface area contributed by atoms with Crippen LogP contribution in [-0.4, -0.2) is 62.3 Å². The van der Waals surface area contributed by atoms with Crippen molar-refractivity contribution in [2.75, 3.05) is 6.61 Å². The van der Waals surface area contributed by atoms with Gasteiger partial charge >= 0.3 is 0 Å². The van der Waals surface area contributed by atoms with Crippen LogP contribution in [0.3, 0.4) is 0 Å². The Morgan fingerprint density at radius 2 is 1.06 bits per heavy atom. The minimum Gasteiger partial charge on any atom is -0.414 e. The molecule has 1 rings (SSSR count). The topological polar surface area (TPSA) is 54.0 Å². The standard InChI is InChI=1S/C24H52O5Si3/c1-22(2,3)30(10,11)26-17-19-21(29-32(14,15)24(7,8)9)20(18(16-25)27-19)28-31(12,13)23(4,5)6/h16,18-21H,17H2,1-15H3/t18-,19-,20-,21-/m1/s1. The highest BCUT2D eigenvalue weighted by atomic mass is 28.4. The lowest BCUT2D eigenvalue weighted by molar-refractivity contribution is -0.121. The van der Waals surface area contributed by atoms with E-state index in [2.05, 4.69) is 102 Å². The second kappa shape index (κ2) is 9.66. The van der Waals surface area contributed by atoms with E-state index < -0.39 is 37.2 Å². The van der Waals surface area contributed by atoms with Crippen LogP contribution in [0.1, 0.15) is 62.3 Å². The molecular formula is C24H52O5Si3. The molecule has 4 atom stereocenters. The number of ether oxygens (including phenoxy) is 1. The molecule has 0 saturated carbocycles. The smallest absolute Gasteiger partial charge is 0.192 e. The summed E-state index contributed by atoms with van der Waals surface area (Å²) in [4.78, 5) is 12.1. The molecule has 0 amide bonds. The number of aldehydes is 1. The van der Waals surface area contributed by atoms with Gasteiger partial charge in [-0.25, -0.2) is 0 Å². The van der Waals surface area contributed by atoms with E-state index in [4.69, 9.17) is 18.0 Å². The molecule has 0 aromatic heterocycles. The van der Waals surface area contributed by atoms with Gasteiger partial charge in [-0.15, -0.1) is 0 Å². The molecule has 0 aromatic rings. The van der Waals surface area contributed by atoms with Gasteiger partial charge in [0.2, 0.25) is 0 Å². The lowest BCUT2D eigenvalue weighted by atomic mass is 10.1. The molecule has 32 heavy (non-hydrogen) atoms. The van der Waals surface area contributed by atoms with Crippen molar-refractivity contribution < 1.29 is 22.8 Å². The van der Waals surface area contributed by atoms with E-state index in [0.717, 1.165) is 6.29 Å². The molecule has 0 aliphatic carbocycles. The summed E-state index contributed by atoms with van der Waals surface area (Å²) in [6, 6.07) is 0. The average molecular weight is 505 g/mol. The van der Waals surface area contributed by atoms with Crippen LogP contribution < -0.4 is 0 Å². The second-order valence-electron chi connectivity index (χ2n) is 14.0. The molecule has 1 fully saturated rings. The Hall–Kier alpha value is 0.161. The number of hydrogen-bond acceptors (Lipinski definition) is 5. The molecule has 0 bridgehead atoms. The van der Waals surface area contributed by atoms with Crippen LogP contribution in [0.15, 0.2) is 0 Å². The van der Waals surface area contributed by atoms with Crippen molar-refractivity contribution in [2.45, 2.75) is 141 Å². The molecule has 1 saturated heterocycles. The Morgan fingerprint density at radius 3 is 1.41 bits per heavy atom. The first-order valence-electron chi connectivity index (χ1n) is 12.1. The normalized spacial score (nSPS) is 26.5. The van der Waals surface area contributed by atoms with E-state index in [-0.39, 0.29) is 27.3 Å². The van der Waals surface area contributed by atoms with Gasteiger partial charge in [0.15, 0.2) is 31.2 Å². The van der Waals surface area contributed by atoms with E-state index >= 15 is 0 Å². The predicted molar refractivity (Wildman–Crippen MR) is 142 cm³/mol. The number of hydrogen-bond donors (Lipinski definition) is 0. The van der Waals surface area contributed by atoms with Crippen molar-refractivity contribution in [1.82, 2.24) is 0 Å². The van der Waals surface area contributed by atoms with E-state index in [1.807, 2.05) is 0 Å². The molecule has 190 valence electrons. The van der Waals surface area contributed by atoms with E-state index in [9.17, 15) is 4.79 Å². The fourth-order valence-corrected chi connectivity index (χ4v) is 6.45. The lowest BCUT2D eigenvalue weighted by Gasteiger charge is -2.44. The summed E-state index contributed by atoms with van der Waals surface area (Å²) in [5.41, 5.74) is 0. The van der Waals surface area contributed by atoms with Crippen LogP contribution in [-0.2, 0) is 22.8 Å². The lowest BCUT2D eigenvalue weighted by Crippen LogP contribution is -2.55. The monoisotopic (exact) mass is 504 g/mol. The molecule has 0 radical (unpaired) electrons. The van der Waals surface area contributed by atoms with Gasteiger partial charge < -0.3 is 22.8 Å². The van der Waals surface area contributed by atoms with Crippen molar-refractivity contribution in [3.63, 3.8) is 0 Å². The van der Waals surface area contributed by atoms with E-state index in [1.54, 1.807) is 0 Å². The minimum absolute atomic E-state index is 0.0255. The molecule has 1 aliphatic heterocycles. The Morgan fingerprint density at radius 1 is 0.688 bits per heavy atom. The van der Waals surface area contributed by atoms with E-state index in [0.29, 0.717) is 6.61 Å². The van der Waals surface area contributed by atoms with Gasteiger partial charge in [0.1, 0.15) is 24.4 Å². The van der Waals surface area contributed by atoms with Crippen LogP contribution in [0.4, 0.5) is 0 Å². The fraction of sp³-hybridized carbons (Fsp3) is 0.958. The molecule has 0 unspecified atom stereocenters. The summed E-state index contributed by atoms with van der Waals surface area (Å²) in [6.45, 7) is 33.9.